The molecule has 0 bridgehead atoms. The molecule has 116 valence electrons. The van der Waals surface area contributed by atoms with Crippen LogP contribution in [0.3, 0.4) is 0 Å². The molecular weight excluding hydrogens is 276 g/mol. The van der Waals surface area contributed by atoms with Crippen LogP contribution < -0.4 is 5.46 Å². The molecular formula is C14H21BFNO4. The van der Waals surface area contributed by atoms with Crippen molar-refractivity contribution in [1.29, 1.82) is 0 Å². The van der Waals surface area contributed by atoms with E-state index >= 15 is 0 Å². The van der Waals surface area contributed by atoms with Gasteiger partial charge in [-0.2, -0.15) is 0 Å². The third-order valence-corrected chi connectivity index (χ3v) is 2.78. The van der Waals surface area contributed by atoms with E-state index in [1.54, 1.807) is 33.9 Å². The zero-order chi connectivity index (χ0) is 16.2. The van der Waals surface area contributed by atoms with Crippen molar-refractivity contribution in [2.24, 2.45) is 0 Å². The molecule has 0 heterocycles. The maximum absolute atomic E-state index is 13.6. The SMILES string of the molecule is CN(CCc1ccc(B(O)O)c(F)c1)C(=O)OC(C)(C)C. The van der Waals surface area contributed by atoms with Crippen molar-refractivity contribution in [1.82, 2.24) is 4.90 Å². The molecule has 1 aromatic rings. The first-order valence-corrected chi connectivity index (χ1v) is 6.69. The number of halogens is 1. The lowest BCUT2D eigenvalue weighted by Gasteiger charge is -2.24. The second kappa shape index (κ2) is 6.91. The standard InChI is InChI=1S/C14H21BFNO4/c1-14(2,3)21-13(18)17(4)8-7-10-5-6-11(15(19)20)12(16)9-10/h5-6,9,19-20H,7-8H2,1-4H3. The number of benzene rings is 1. The summed E-state index contributed by atoms with van der Waals surface area (Å²) in [6.45, 7) is 5.72. The molecule has 0 atom stereocenters. The van der Waals surface area contributed by atoms with Gasteiger partial charge in [0.15, 0.2) is 0 Å². The number of carbonyl (C=O) groups is 1. The Labute approximate surface area is 124 Å². The number of nitrogens with zero attached hydrogens (tertiary/aromatic N) is 1. The minimum absolute atomic E-state index is 0.167. The van der Waals surface area contributed by atoms with Crippen molar-refractivity contribution in [2.75, 3.05) is 13.6 Å². The topological polar surface area (TPSA) is 70.0 Å². The van der Waals surface area contributed by atoms with Crippen LogP contribution in [0, 0.1) is 5.82 Å². The molecule has 5 nitrogen and oxygen atoms in total. The number of ether oxygens (including phenoxy) is 1. The van der Waals surface area contributed by atoms with Gasteiger partial charge in [0.25, 0.3) is 0 Å². The number of amides is 1. The van der Waals surface area contributed by atoms with Crippen LogP contribution in [0.1, 0.15) is 26.3 Å². The van der Waals surface area contributed by atoms with Gasteiger partial charge in [0.2, 0.25) is 0 Å². The van der Waals surface area contributed by atoms with Gasteiger partial charge in [-0.25, -0.2) is 9.18 Å². The van der Waals surface area contributed by atoms with Gasteiger partial charge < -0.3 is 19.7 Å². The van der Waals surface area contributed by atoms with Crippen molar-refractivity contribution in [3.05, 3.63) is 29.6 Å². The predicted molar refractivity (Wildman–Crippen MR) is 78.8 cm³/mol. The van der Waals surface area contributed by atoms with Crippen molar-refractivity contribution in [2.45, 2.75) is 32.8 Å². The number of likely N-dealkylation sites (N-methyl/N-ethyl adjacent to an activating group) is 1. The summed E-state index contributed by atoms with van der Waals surface area (Å²) in [6, 6.07) is 4.15. The molecule has 0 aliphatic rings. The highest BCUT2D eigenvalue weighted by molar-refractivity contribution is 6.58. The number of hydrogen-bond acceptors (Lipinski definition) is 4. The van der Waals surface area contributed by atoms with E-state index in [2.05, 4.69) is 0 Å². The van der Waals surface area contributed by atoms with Crippen molar-refractivity contribution < 1.29 is 24.0 Å². The average molecular weight is 297 g/mol. The Kier molecular flexibility index (Phi) is 5.74. The first-order chi connectivity index (χ1) is 9.60. The normalized spacial score (nSPS) is 11.2. The molecule has 0 spiro atoms. The smallest absolute Gasteiger partial charge is 0.444 e. The highest BCUT2D eigenvalue weighted by Gasteiger charge is 2.20. The summed E-state index contributed by atoms with van der Waals surface area (Å²) in [5.41, 5.74) is -0.0670. The fourth-order valence-corrected chi connectivity index (χ4v) is 1.66. The van der Waals surface area contributed by atoms with E-state index in [-0.39, 0.29) is 5.46 Å². The average Bonchev–Trinajstić information content (AvgIpc) is 2.33. The summed E-state index contributed by atoms with van der Waals surface area (Å²) >= 11 is 0. The van der Waals surface area contributed by atoms with Crippen molar-refractivity contribution >= 4 is 18.7 Å². The molecule has 0 radical (unpaired) electrons. The van der Waals surface area contributed by atoms with Gasteiger partial charge in [0.05, 0.1) is 0 Å². The van der Waals surface area contributed by atoms with Crippen molar-refractivity contribution in [3.8, 4) is 0 Å². The molecule has 1 aromatic carbocycles. The molecule has 7 heteroatoms. The molecule has 0 saturated carbocycles. The second-order valence-corrected chi connectivity index (χ2v) is 5.88. The van der Waals surface area contributed by atoms with Crippen LogP contribution in [0.2, 0.25) is 0 Å². The van der Waals surface area contributed by atoms with Crippen LogP contribution in [0.15, 0.2) is 18.2 Å². The molecule has 0 fully saturated rings. The summed E-state index contributed by atoms with van der Waals surface area (Å²) in [5.74, 6) is -0.678. The van der Waals surface area contributed by atoms with Crippen LogP contribution in [-0.2, 0) is 11.2 Å². The van der Waals surface area contributed by atoms with E-state index in [0.717, 1.165) is 0 Å². The highest BCUT2D eigenvalue weighted by Crippen LogP contribution is 2.10. The molecule has 21 heavy (non-hydrogen) atoms. The van der Waals surface area contributed by atoms with E-state index in [9.17, 15) is 9.18 Å². The second-order valence-electron chi connectivity index (χ2n) is 5.88. The Morgan fingerprint density at radius 1 is 1.38 bits per heavy atom. The molecule has 0 aromatic heterocycles. The third-order valence-electron chi connectivity index (χ3n) is 2.78. The number of carbonyl (C=O) groups excluding carboxylic acids is 1. The van der Waals surface area contributed by atoms with Gasteiger partial charge in [-0.1, -0.05) is 12.1 Å². The highest BCUT2D eigenvalue weighted by atomic mass is 19.1. The van der Waals surface area contributed by atoms with Crippen molar-refractivity contribution in [3.63, 3.8) is 0 Å². The molecule has 1 amide bonds. The lowest BCUT2D eigenvalue weighted by Crippen LogP contribution is -2.35. The Bertz CT molecular complexity index is 502. The predicted octanol–water partition coefficient (Wildman–Crippen LogP) is 0.915. The summed E-state index contributed by atoms with van der Waals surface area (Å²) in [7, 11) is -0.223. The third kappa shape index (κ3) is 5.73. The van der Waals surface area contributed by atoms with E-state index in [1.165, 1.54) is 17.0 Å². The Hall–Kier alpha value is -1.60. The Balaban J connectivity index is 2.59. The fraction of sp³-hybridized carbons (Fsp3) is 0.500. The van der Waals surface area contributed by atoms with E-state index in [1.807, 2.05) is 0 Å². The van der Waals surface area contributed by atoms with Gasteiger partial charge in [-0.3, -0.25) is 0 Å². The fourth-order valence-electron chi connectivity index (χ4n) is 1.66. The molecule has 0 aliphatic carbocycles. The largest absolute Gasteiger partial charge is 0.491 e. The molecule has 0 aliphatic heterocycles. The van der Waals surface area contributed by atoms with Gasteiger partial charge in [-0.15, -0.1) is 0 Å². The van der Waals surface area contributed by atoms with Gasteiger partial charge in [-0.05, 0) is 38.8 Å². The quantitative estimate of drug-likeness (QED) is 0.811. The first kappa shape index (κ1) is 17.5. The monoisotopic (exact) mass is 297 g/mol. The van der Waals surface area contributed by atoms with Crippen LogP contribution >= 0.6 is 0 Å². The van der Waals surface area contributed by atoms with Gasteiger partial charge in [0, 0.05) is 19.1 Å². The van der Waals surface area contributed by atoms with Gasteiger partial charge in [0.1, 0.15) is 11.4 Å². The molecule has 0 unspecified atom stereocenters. The number of hydrogen-bond donors (Lipinski definition) is 2. The van der Waals surface area contributed by atoms with Crippen LogP contribution in [-0.4, -0.2) is 47.4 Å². The molecule has 2 N–H and O–H groups in total. The zero-order valence-electron chi connectivity index (χ0n) is 12.8. The summed E-state index contributed by atoms with van der Waals surface area (Å²) < 4.78 is 18.8. The summed E-state index contributed by atoms with van der Waals surface area (Å²) in [4.78, 5) is 13.2. The van der Waals surface area contributed by atoms with Gasteiger partial charge >= 0.3 is 13.2 Å². The zero-order valence-corrected chi connectivity index (χ0v) is 12.8. The lowest BCUT2D eigenvalue weighted by atomic mass is 9.79. The van der Waals surface area contributed by atoms with E-state index in [4.69, 9.17) is 14.8 Å². The summed E-state index contributed by atoms with van der Waals surface area (Å²) in [5, 5.41) is 17.9. The summed E-state index contributed by atoms with van der Waals surface area (Å²) in [6.07, 6.45) is -0.000515. The Morgan fingerprint density at radius 2 is 2.00 bits per heavy atom. The first-order valence-electron chi connectivity index (χ1n) is 6.69. The maximum Gasteiger partial charge on any atom is 0.491 e. The minimum atomic E-state index is -1.83. The van der Waals surface area contributed by atoms with E-state index in [0.29, 0.717) is 18.5 Å². The molecule has 0 saturated heterocycles. The van der Waals surface area contributed by atoms with Crippen LogP contribution in [0.4, 0.5) is 9.18 Å². The Morgan fingerprint density at radius 3 is 2.48 bits per heavy atom. The molecule has 1 rings (SSSR count). The van der Waals surface area contributed by atoms with Crippen LogP contribution in [0.5, 0.6) is 0 Å². The number of rotatable bonds is 4. The maximum atomic E-state index is 13.6. The lowest BCUT2D eigenvalue weighted by molar-refractivity contribution is 0.0301. The van der Waals surface area contributed by atoms with E-state index < -0.39 is 24.6 Å². The van der Waals surface area contributed by atoms with Crippen LogP contribution in [0.25, 0.3) is 0 Å². The minimum Gasteiger partial charge on any atom is -0.444 e.